The van der Waals surface area contributed by atoms with Crippen molar-refractivity contribution in [1.82, 2.24) is 10.6 Å². The summed E-state index contributed by atoms with van der Waals surface area (Å²) in [4.78, 5) is 16.0. The monoisotopic (exact) mass is 568 g/mol. The van der Waals surface area contributed by atoms with Gasteiger partial charge in [-0.15, -0.1) is 24.0 Å². The van der Waals surface area contributed by atoms with E-state index in [1.54, 1.807) is 7.05 Å². The van der Waals surface area contributed by atoms with Crippen LogP contribution in [0.15, 0.2) is 47.5 Å². The third kappa shape index (κ3) is 10.9. The van der Waals surface area contributed by atoms with Gasteiger partial charge in [0.25, 0.3) is 0 Å². The van der Waals surface area contributed by atoms with Crippen molar-refractivity contribution in [1.29, 1.82) is 0 Å². The van der Waals surface area contributed by atoms with E-state index in [1.165, 1.54) is 0 Å². The minimum absolute atomic E-state index is 0. The molecular weight excluding hydrogens is 531 g/mol. The molecule has 7 nitrogen and oxygen atoms in total. The van der Waals surface area contributed by atoms with Gasteiger partial charge in [0, 0.05) is 44.4 Å². The van der Waals surface area contributed by atoms with Crippen molar-refractivity contribution < 1.29 is 14.3 Å². The molecule has 0 saturated heterocycles. The van der Waals surface area contributed by atoms with E-state index in [-0.39, 0.29) is 29.9 Å². The Labute approximate surface area is 214 Å². The highest BCUT2D eigenvalue weighted by molar-refractivity contribution is 14.0. The van der Waals surface area contributed by atoms with Crippen LogP contribution >= 0.6 is 24.0 Å². The van der Waals surface area contributed by atoms with Crippen molar-refractivity contribution in [3.63, 3.8) is 0 Å². The number of nitrogens with one attached hydrogen (secondary N) is 3. The number of nitrogens with zero attached hydrogens (tertiary/aromatic N) is 1. The highest BCUT2D eigenvalue weighted by atomic mass is 127. The second kappa shape index (κ2) is 16.3. The minimum Gasteiger partial charge on any atom is -0.491 e. The molecule has 33 heavy (non-hydrogen) atoms. The molecule has 0 aliphatic heterocycles. The number of carbonyl (C=O) groups excluding carboxylic acids is 1. The van der Waals surface area contributed by atoms with E-state index in [9.17, 15) is 4.79 Å². The van der Waals surface area contributed by atoms with Crippen LogP contribution in [0.25, 0.3) is 0 Å². The normalized spacial score (nSPS) is 10.8. The molecule has 1 amide bonds. The third-order valence-electron chi connectivity index (χ3n) is 4.76. The van der Waals surface area contributed by atoms with Gasteiger partial charge in [-0.25, -0.2) is 0 Å². The predicted molar refractivity (Wildman–Crippen MR) is 146 cm³/mol. The number of ether oxygens (including phenoxy) is 2. The van der Waals surface area contributed by atoms with Gasteiger partial charge in [-0.1, -0.05) is 31.2 Å². The summed E-state index contributed by atoms with van der Waals surface area (Å²) in [5, 5.41) is 9.56. The number of guanidine groups is 1. The smallest absolute Gasteiger partial charge is 0.224 e. The molecule has 0 unspecified atom stereocenters. The van der Waals surface area contributed by atoms with E-state index in [4.69, 9.17) is 9.47 Å². The number of carbonyl (C=O) groups is 1. The van der Waals surface area contributed by atoms with Crippen LogP contribution in [-0.2, 0) is 22.6 Å². The van der Waals surface area contributed by atoms with Gasteiger partial charge in [0.1, 0.15) is 12.4 Å². The molecule has 3 N–H and O–H groups in total. The van der Waals surface area contributed by atoms with Crippen LogP contribution in [0.5, 0.6) is 5.75 Å². The van der Waals surface area contributed by atoms with Gasteiger partial charge in [-0.05, 0) is 49.6 Å². The lowest BCUT2D eigenvalue weighted by Crippen LogP contribution is -2.36. The molecule has 0 heterocycles. The summed E-state index contributed by atoms with van der Waals surface area (Å²) in [6.07, 6.45) is 1.37. The number of benzene rings is 2. The largest absolute Gasteiger partial charge is 0.491 e. The summed E-state index contributed by atoms with van der Waals surface area (Å²) >= 11 is 0. The Hall–Kier alpha value is -2.33. The number of anilines is 1. The van der Waals surface area contributed by atoms with Crippen LogP contribution < -0.4 is 20.7 Å². The Morgan fingerprint density at radius 2 is 1.73 bits per heavy atom. The van der Waals surface area contributed by atoms with Gasteiger partial charge in [0.2, 0.25) is 5.91 Å². The Kier molecular flexibility index (Phi) is 14.2. The number of aryl methyl sites for hydroxylation is 1. The lowest BCUT2D eigenvalue weighted by atomic mass is 10.1. The summed E-state index contributed by atoms with van der Waals surface area (Å²) < 4.78 is 11.3. The van der Waals surface area contributed by atoms with Crippen molar-refractivity contribution in [2.75, 3.05) is 32.2 Å². The fraction of sp³-hybridized carbons (Fsp3) is 0.440. The first-order valence-electron chi connectivity index (χ1n) is 11.2. The number of hydrogen-bond acceptors (Lipinski definition) is 4. The highest BCUT2D eigenvalue weighted by Crippen LogP contribution is 2.20. The second-order valence-electron chi connectivity index (χ2n) is 7.43. The van der Waals surface area contributed by atoms with Gasteiger partial charge in [-0.2, -0.15) is 0 Å². The zero-order valence-corrected chi connectivity index (χ0v) is 22.4. The van der Waals surface area contributed by atoms with E-state index >= 15 is 0 Å². The van der Waals surface area contributed by atoms with Gasteiger partial charge in [0.05, 0.1) is 6.61 Å². The quantitative estimate of drug-likeness (QED) is 0.151. The summed E-state index contributed by atoms with van der Waals surface area (Å²) in [7, 11) is 1.75. The molecule has 2 aromatic carbocycles. The summed E-state index contributed by atoms with van der Waals surface area (Å²) in [5.41, 5.74) is 4.11. The number of halogens is 1. The molecular formula is C25H37IN4O3. The molecule has 182 valence electrons. The molecule has 0 fully saturated rings. The van der Waals surface area contributed by atoms with E-state index in [0.717, 1.165) is 34.5 Å². The van der Waals surface area contributed by atoms with Crippen LogP contribution in [0.2, 0.25) is 0 Å². The van der Waals surface area contributed by atoms with E-state index in [0.29, 0.717) is 45.3 Å². The van der Waals surface area contributed by atoms with Gasteiger partial charge < -0.3 is 25.4 Å². The summed E-state index contributed by atoms with van der Waals surface area (Å²) in [6, 6.07) is 14.0. The topological polar surface area (TPSA) is 84.0 Å². The maximum atomic E-state index is 11.7. The average Bonchev–Trinajstić information content (AvgIpc) is 2.79. The lowest BCUT2D eigenvalue weighted by molar-refractivity contribution is -0.116. The van der Waals surface area contributed by atoms with E-state index in [2.05, 4.69) is 33.1 Å². The fourth-order valence-electron chi connectivity index (χ4n) is 3.04. The lowest BCUT2D eigenvalue weighted by Gasteiger charge is -2.16. The highest BCUT2D eigenvalue weighted by Gasteiger charge is 2.07. The molecule has 0 bridgehead atoms. The Morgan fingerprint density at radius 1 is 1.00 bits per heavy atom. The number of hydrogen-bond donors (Lipinski definition) is 3. The van der Waals surface area contributed by atoms with Crippen LogP contribution in [0, 0.1) is 6.92 Å². The van der Waals surface area contributed by atoms with Crippen LogP contribution in [0.4, 0.5) is 5.69 Å². The van der Waals surface area contributed by atoms with Crippen molar-refractivity contribution >= 4 is 41.5 Å². The van der Waals surface area contributed by atoms with Crippen LogP contribution in [0.3, 0.4) is 0 Å². The van der Waals surface area contributed by atoms with Crippen LogP contribution in [0.1, 0.15) is 43.4 Å². The Bertz CT molecular complexity index is 872. The molecule has 0 aliphatic rings. The Balaban J connectivity index is 0.00000544. The first-order chi connectivity index (χ1) is 15.5. The van der Waals surface area contributed by atoms with Gasteiger partial charge in [-0.3, -0.25) is 9.79 Å². The van der Waals surface area contributed by atoms with E-state index < -0.39 is 0 Å². The number of rotatable bonds is 12. The molecule has 0 aliphatic carbocycles. The minimum atomic E-state index is 0. The van der Waals surface area contributed by atoms with Gasteiger partial charge in [0.15, 0.2) is 5.96 Å². The van der Waals surface area contributed by atoms with Crippen molar-refractivity contribution in [3.8, 4) is 5.75 Å². The molecule has 0 spiro atoms. The SMILES string of the molecule is CCCC(=O)Nc1ccc(CNC(=NC)NCc2ccc(C)cc2OCCOCC)cc1.I. The fourth-order valence-corrected chi connectivity index (χ4v) is 3.04. The molecule has 0 radical (unpaired) electrons. The van der Waals surface area contributed by atoms with Crippen molar-refractivity contribution in [2.24, 2.45) is 4.99 Å². The maximum Gasteiger partial charge on any atom is 0.224 e. The maximum absolute atomic E-state index is 11.7. The summed E-state index contributed by atoms with van der Waals surface area (Å²) in [5.74, 6) is 1.60. The molecule has 8 heteroatoms. The molecule has 0 aromatic heterocycles. The molecule has 0 saturated carbocycles. The third-order valence-corrected chi connectivity index (χ3v) is 4.76. The second-order valence-corrected chi connectivity index (χ2v) is 7.43. The van der Waals surface area contributed by atoms with Crippen molar-refractivity contribution in [3.05, 3.63) is 59.2 Å². The summed E-state index contributed by atoms with van der Waals surface area (Å²) in [6.45, 7) is 9.00. The molecule has 2 rings (SSSR count). The van der Waals surface area contributed by atoms with Crippen molar-refractivity contribution in [2.45, 2.75) is 46.7 Å². The van der Waals surface area contributed by atoms with E-state index in [1.807, 2.05) is 51.1 Å². The molecule has 0 atom stereocenters. The first kappa shape index (κ1) is 28.7. The average molecular weight is 569 g/mol. The zero-order valence-electron chi connectivity index (χ0n) is 20.1. The standard InChI is InChI=1S/C25H36N4O3.HI/c1-5-7-24(30)29-22-12-9-20(10-13-22)17-27-25(26-4)28-18-21-11-8-19(3)16-23(21)32-15-14-31-6-2;/h8-13,16H,5-7,14-15,17-18H2,1-4H3,(H,29,30)(H2,26,27,28);1H. The molecule has 2 aromatic rings. The number of amides is 1. The van der Waals surface area contributed by atoms with Crippen LogP contribution in [-0.4, -0.2) is 38.7 Å². The predicted octanol–water partition coefficient (Wildman–Crippen LogP) is 4.63. The van der Waals surface area contributed by atoms with Gasteiger partial charge >= 0.3 is 0 Å². The Morgan fingerprint density at radius 3 is 2.39 bits per heavy atom. The first-order valence-corrected chi connectivity index (χ1v) is 11.2. The number of aliphatic imine (C=N–C) groups is 1. The zero-order chi connectivity index (χ0) is 23.2.